The first kappa shape index (κ1) is 19.3. The summed E-state index contributed by atoms with van der Waals surface area (Å²) in [5.41, 5.74) is 1.78. The van der Waals surface area contributed by atoms with E-state index in [4.69, 9.17) is 5.10 Å². The number of rotatable bonds is 5. The molecule has 2 aliphatic rings. The maximum Gasteiger partial charge on any atom is 0.257 e. The maximum atomic E-state index is 12.2. The predicted octanol–water partition coefficient (Wildman–Crippen LogP) is 2.10. The molecule has 1 aliphatic heterocycles. The van der Waals surface area contributed by atoms with Gasteiger partial charge >= 0.3 is 0 Å². The van der Waals surface area contributed by atoms with Crippen LogP contribution in [0.1, 0.15) is 32.1 Å². The van der Waals surface area contributed by atoms with Gasteiger partial charge in [-0.3, -0.25) is 9.69 Å². The Labute approximate surface area is 175 Å². The van der Waals surface area contributed by atoms with Gasteiger partial charge in [0.15, 0.2) is 5.65 Å². The van der Waals surface area contributed by atoms with Crippen LogP contribution in [0.3, 0.4) is 0 Å². The van der Waals surface area contributed by atoms with Gasteiger partial charge in [0.2, 0.25) is 0 Å². The van der Waals surface area contributed by atoms with Crippen LogP contribution in [0.5, 0.6) is 0 Å². The van der Waals surface area contributed by atoms with Crippen molar-refractivity contribution >= 4 is 11.5 Å². The van der Waals surface area contributed by atoms with Gasteiger partial charge in [0.05, 0.1) is 17.5 Å². The molecule has 0 bridgehead atoms. The molecule has 158 valence electrons. The molecule has 0 amide bonds. The number of fused-ring (bicyclic) bond motifs is 1. The minimum Gasteiger partial charge on any atom is -0.378 e. The van der Waals surface area contributed by atoms with Gasteiger partial charge in [0.1, 0.15) is 12.0 Å². The second-order valence-electron chi connectivity index (χ2n) is 8.53. The summed E-state index contributed by atoms with van der Waals surface area (Å²) in [5.74, 6) is 1.26. The Morgan fingerprint density at radius 2 is 2.07 bits per heavy atom. The molecule has 1 saturated heterocycles. The Morgan fingerprint density at radius 3 is 2.87 bits per heavy atom. The van der Waals surface area contributed by atoms with E-state index >= 15 is 0 Å². The summed E-state index contributed by atoms with van der Waals surface area (Å²) < 4.78 is 1.74. The van der Waals surface area contributed by atoms with Crippen molar-refractivity contribution in [2.75, 3.05) is 25.0 Å². The third kappa shape index (κ3) is 3.40. The summed E-state index contributed by atoms with van der Waals surface area (Å²) in [5, 5.41) is 15.6. The molecular weight excluding hydrogens is 380 g/mol. The van der Waals surface area contributed by atoms with Crippen molar-refractivity contribution in [2.45, 2.75) is 44.4 Å². The number of nitrogens with one attached hydrogen (secondary N) is 1. The third-order valence-electron chi connectivity index (χ3n) is 6.74. The molecule has 4 heterocycles. The van der Waals surface area contributed by atoms with Crippen molar-refractivity contribution in [3.63, 3.8) is 0 Å². The molecule has 3 aromatic rings. The van der Waals surface area contributed by atoms with Gasteiger partial charge in [-0.25, -0.2) is 9.50 Å². The van der Waals surface area contributed by atoms with Crippen molar-refractivity contribution in [3.05, 3.63) is 47.0 Å². The van der Waals surface area contributed by atoms with Crippen LogP contribution in [-0.4, -0.2) is 62.0 Å². The van der Waals surface area contributed by atoms with Crippen molar-refractivity contribution in [2.24, 2.45) is 5.92 Å². The first-order chi connectivity index (χ1) is 14.6. The summed E-state index contributed by atoms with van der Waals surface area (Å²) in [4.78, 5) is 23.7. The Balaban J connectivity index is 1.37. The monoisotopic (exact) mass is 408 g/mol. The molecule has 0 radical (unpaired) electrons. The van der Waals surface area contributed by atoms with Crippen LogP contribution in [0, 0.1) is 5.92 Å². The van der Waals surface area contributed by atoms with Crippen LogP contribution >= 0.6 is 0 Å². The van der Waals surface area contributed by atoms with E-state index in [2.05, 4.69) is 19.8 Å². The summed E-state index contributed by atoms with van der Waals surface area (Å²) in [7, 11) is 2.05. The lowest BCUT2D eigenvalue weighted by atomic mass is 10.0. The van der Waals surface area contributed by atoms with E-state index < -0.39 is 0 Å². The molecule has 3 aromatic heterocycles. The first-order valence-electron chi connectivity index (χ1n) is 10.8. The van der Waals surface area contributed by atoms with E-state index in [1.54, 1.807) is 29.0 Å². The second kappa shape index (κ2) is 7.85. The molecule has 1 saturated carbocycles. The Morgan fingerprint density at radius 1 is 1.23 bits per heavy atom. The fourth-order valence-corrected chi connectivity index (χ4v) is 4.93. The summed E-state index contributed by atoms with van der Waals surface area (Å²) in [6, 6.07) is 7.81. The molecule has 1 aliphatic carbocycles. The number of H-pyrrole nitrogens is 1. The summed E-state index contributed by atoms with van der Waals surface area (Å²) in [6.07, 6.45) is 8.66. The van der Waals surface area contributed by atoms with E-state index in [0.717, 1.165) is 38.2 Å². The average molecular weight is 409 g/mol. The number of hydrogen-bond donors (Lipinski definition) is 2. The molecule has 2 atom stereocenters. The minimum atomic E-state index is -0.363. The molecule has 1 unspecified atom stereocenters. The smallest absolute Gasteiger partial charge is 0.257 e. The fourth-order valence-electron chi connectivity index (χ4n) is 4.93. The van der Waals surface area contributed by atoms with E-state index in [-0.39, 0.29) is 11.8 Å². The highest BCUT2D eigenvalue weighted by molar-refractivity contribution is 5.62. The average Bonchev–Trinajstić information content (AvgIpc) is 3.53. The van der Waals surface area contributed by atoms with Crippen LogP contribution in [-0.2, 0) is 0 Å². The highest BCUT2D eigenvalue weighted by atomic mass is 16.3. The number of imidazole rings is 1. The van der Waals surface area contributed by atoms with Gasteiger partial charge in [-0.05, 0) is 56.5 Å². The standard InChI is InChI=1S/C22H28N6O2/c1-26(22(30)15-5-2-3-6-15)16-10-12-27(14-16)20-9-8-19-24-13-18(28(19)25-20)17-7-4-11-23-21(17)29/h4,7-9,11,13,15-16,22,30H,2-3,5-6,10,12,14H2,1H3,(H,23,29)/t16-,22?/m0/s1. The molecule has 8 heteroatoms. The zero-order valence-corrected chi connectivity index (χ0v) is 17.2. The normalized spacial score (nSPS) is 21.2. The van der Waals surface area contributed by atoms with Crippen LogP contribution < -0.4 is 10.5 Å². The number of aromatic nitrogens is 4. The van der Waals surface area contributed by atoms with Gasteiger partial charge in [-0.15, -0.1) is 5.10 Å². The molecule has 8 nitrogen and oxygen atoms in total. The second-order valence-corrected chi connectivity index (χ2v) is 8.53. The third-order valence-corrected chi connectivity index (χ3v) is 6.74. The Kier molecular flexibility index (Phi) is 5.04. The quantitative estimate of drug-likeness (QED) is 0.629. The van der Waals surface area contributed by atoms with E-state index in [1.165, 1.54) is 12.8 Å². The van der Waals surface area contributed by atoms with Gasteiger partial charge in [-0.1, -0.05) is 12.8 Å². The lowest BCUT2D eigenvalue weighted by Gasteiger charge is -2.33. The van der Waals surface area contributed by atoms with Crippen LogP contribution in [0.25, 0.3) is 16.9 Å². The van der Waals surface area contributed by atoms with Crippen molar-refractivity contribution in [1.82, 2.24) is 24.5 Å². The van der Waals surface area contributed by atoms with E-state index in [0.29, 0.717) is 28.9 Å². The molecule has 2 N–H and O–H groups in total. The number of aliphatic hydroxyl groups excluding tert-OH is 1. The fraction of sp³-hybridized carbons (Fsp3) is 0.500. The van der Waals surface area contributed by atoms with Crippen molar-refractivity contribution in [1.29, 1.82) is 0 Å². The summed E-state index contributed by atoms with van der Waals surface area (Å²) in [6.45, 7) is 1.72. The zero-order chi connectivity index (χ0) is 20.7. The van der Waals surface area contributed by atoms with E-state index in [9.17, 15) is 9.90 Å². The lowest BCUT2D eigenvalue weighted by molar-refractivity contribution is -0.0417. The predicted molar refractivity (Wildman–Crippen MR) is 115 cm³/mol. The maximum absolute atomic E-state index is 12.2. The van der Waals surface area contributed by atoms with Crippen LogP contribution in [0.15, 0.2) is 41.5 Å². The van der Waals surface area contributed by atoms with Gasteiger partial charge in [-0.2, -0.15) is 0 Å². The molecule has 0 spiro atoms. The van der Waals surface area contributed by atoms with E-state index in [1.807, 2.05) is 19.2 Å². The van der Waals surface area contributed by atoms with Crippen molar-refractivity contribution < 1.29 is 5.11 Å². The number of anilines is 1. The first-order valence-corrected chi connectivity index (χ1v) is 10.8. The topological polar surface area (TPSA) is 89.8 Å². The van der Waals surface area contributed by atoms with Gasteiger partial charge < -0.3 is 15.0 Å². The highest BCUT2D eigenvalue weighted by Crippen LogP contribution is 2.31. The number of likely N-dealkylation sites (N-methyl/N-ethyl adjacent to an activating group) is 1. The minimum absolute atomic E-state index is 0.157. The number of hydrogen-bond acceptors (Lipinski definition) is 6. The Hall–Kier alpha value is -2.71. The number of pyridine rings is 1. The SMILES string of the molecule is CN(C(O)C1CCCC1)[C@H]1CCN(c2ccc3ncc(-c4ccc[nH]c4=O)n3n2)C1. The van der Waals surface area contributed by atoms with Gasteiger partial charge in [0.25, 0.3) is 5.56 Å². The molecule has 2 fully saturated rings. The van der Waals surface area contributed by atoms with Crippen molar-refractivity contribution in [3.8, 4) is 11.3 Å². The van der Waals surface area contributed by atoms with Crippen LogP contribution in [0.4, 0.5) is 5.82 Å². The molecule has 30 heavy (non-hydrogen) atoms. The lowest BCUT2D eigenvalue weighted by Crippen LogP contribution is -2.45. The number of aromatic amines is 1. The number of nitrogens with zero attached hydrogens (tertiary/aromatic N) is 5. The largest absolute Gasteiger partial charge is 0.378 e. The summed E-state index contributed by atoms with van der Waals surface area (Å²) >= 11 is 0. The van der Waals surface area contributed by atoms with Crippen LogP contribution in [0.2, 0.25) is 0 Å². The zero-order valence-electron chi connectivity index (χ0n) is 17.2. The molecule has 0 aromatic carbocycles. The Bertz CT molecular complexity index is 1090. The molecular formula is C22H28N6O2. The van der Waals surface area contributed by atoms with Gasteiger partial charge in [0, 0.05) is 25.3 Å². The molecule has 5 rings (SSSR count). The number of aliphatic hydroxyl groups is 1. The highest BCUT2D eigenvalue weighted by Gasteiger charge is 2.34.